The smallest absolute Gasteiger partial charge is 0.335 e. The summed E-state index contributed by atoms with van der Waals surface area (Å²) in [6.45, 7) is 11.6. The van der Waals surface area contributed by atoms with Gasteiger partial charge in [0, 0.05) is 47.2 Å². The van der Waals surface area contributed by atoms with Crippen molar-refractivity contribution in [2.75, 3.05) is 6.54 Å². The molecule has 1 amide bonds. The molecular weight excluding hydrogens is 466 g/mol. The summed E-state index contributed by atoms with van der Waals surface area (Å²) >= 11 is 0. The van der Waals surface area contributed by atoms with Gasteiger partial charge in [-0.2, -0.15) is 0 Å². The van der Waals surface area contributed by atoms with Crippen LogP contribution >= 0.6 is 0 Å². The highest BCUT2D eigenvalue weighted by atomic mass is 16.4. The fourth-order valence-corrected chi connectivity index (χ4v) is 5.26. The Hall–Kier alpha value is -2.95. The molecule has 2 aliphatic rings. The number of carbonyl (C=O) groups is 3. The van der Waals surface area contributed by atoms with Crippen molar-refractivity contribution in [3.8, 4) is 0 Å². The van der Waals surface area contributed by atoms with E-state index in [0.29, 0.717) is 18.0 Å². The summed E-state index contributed by atoms with van der Waals surface area (Å²) in [5.41, 5.74) is 3.90. The Kier molecular flexibility index (Phi) is 8.12. The number of hydrogen-bond donors (Lipinski definition) is 6. The van der Waals surface area contributed by atoms with Gasteiger partial charge in [0.05, 0.1) is 5.92 Å². The molecular formula is C26H37N3O7. The molecule has 10 heteroatoms. The van der Waals surface area contributed by atoms with E-state index in [-0.39, 0.29) is 17.4 Å². The fourth-order valence-electron chi connectivity index (χ4n) is 5.26. The van der Waals surface area contributed by atoms with Gasteiger partial charge >= 0.3 is 11.9 Å². The quantitative estimate of drug-likeness (QED) is 0.359. The van der Waals surface area contributed by atoms with Crippen LogP contribution in [-0.2, 0) is 20.8 Å². The van der Waals surface area contributed by atoms with Crippen LogP contribution in [0.1, 0.15) is 58.1 Å². The topological polar surface area (TPSA) is 163 Å². The molecule has 1 aromatic heterocycles. The third-order valence-corrected chi connectivity index (χ3v) is 6.85. The Labute approximate surface area is 210 Å². The largest absolute Gasteiger partial charge is 0.479 e. The van der Waals surface area contributed by atoms with E-state index in [1.807, 2.05) is 0 Å². The molecule has 1 aliphatic heterocycles. The summed E-state index contributed by atoms with van der Waals surface area (Å²) in [5, 5.41) is 37.1. The predicted molar refractivity (Wildman–Crippen MR) is 134 cm³/mol. The maximum absolute atomic E-state index is 13.0. The van der Waals surface area contributed by atoms with Crippen molar-refractivity contribution in [1.82, 2.24) is 15.2 Å². The Morgan fingerprint density at radius 2 is 1.69 bits per heavy atom. The highest BCUT2D eigenvalue weighted by Gasteiger charge is 2.43. The molecule has 10 nitrogen and oxygen atoms in total. The summed E-state index contributed by atoms with van der Waals surface area (Å²) in [7, 11) is 0. The molecule has 5 atom stereocenters. The van der Waals surface area contributed by atoms with Crippen molar-refractivity contribution in [1.29, 1.82) is 0 Å². The first-order valence-electron chi connectivity index (χ1n) is 12.2. The van der Waals surface area contributed by atoms with Gasteiger partial charge in [-0.25, -0.2) is 9.59 Å². The zero-order valence-electron chi connectivity index (χ0n) is 21.4. The molecule has 198 valence electrons. The minimum atomic E-state index is -2.27. The van der Waals surface area contributed by atoms with Gasteiger partial charge < -0.3 is 30.7 Å². The lowest BCUT2D eigenvalue weighted by atomic mass is 9.71. The van der Waals surface area contributed by atoms with Gasteiger partial charge in [0.15, 0.2) is 12.2 Å². The maximum atomic E-state index is 13.0. The zero-order valence-corrected chi connectivity index (χ0v) is 21.4. The highest BCUT2D eigenvalue weighted by Crippen LogP contribution is 2.45. The van der Waals surface area contributed by atoms with Crippen molar-refractivity contribution in [2.24, 2.45) is 5.92 Å². The lowest BCUT2D eigenvalue weighted by Crippen LogP contribution is -2.56. The maximum Gasteiger partial charge on any atom is 0.335 e. The number of rotatable bonds is 5. The predicted octanol–water partition coefficient (Wildman–Crippen LogP) is 1.70. The van der Waals surface area contributed by atoms with Crippen LogP contribution in [0.2, 0.25) is 0 Å². The summed E-state index contributed by atoms with van der Waals surface area (Å²) in [6.07, 6.45) is -0.330. The van der Waals surface area contributed by atoms with E-state index in [9.17, 15) is 14.4 Å². The molecule has 0 bridgehead atoms. The number of aliphatic hydroxyl groups excluding tert-OH is 2. The number of nitrogens with one attached hydrogen (secondary N) is 2. The minimum absolute atomic E-state index is 0.0497. The van der Waals surface area contributed by atoms with Crippen molar-refractivity contribution in [2.45, 2.75) is 83.2 Å². The van der Waals surface area contributed by atoms with Crippen LogP contribution in [0.15, 0.2) is 24.4 Å². The number of aliphatic carboxylic acids is 2. The summed E-state index contributed by atoms with van der Waals surface area (Å²) in [4.78, 5) is 38.5. The van der Waals surface area contributed by atoms with Crippen LogP contribution in [0.3, 0.4) is 0 Å². The number of aromatic amines is 1. The van der Waals surface area contributed by atoms with Gasteiger partial charge in [-0.15, -0.1) is 0 Å². The molecule has 2 heterocycles. The van der Waals surface area contributed by atoms with Crippen LogP contribution < -0.4 is 5.32 Å². The third kappa shape index (κ3) is 5.88. The van der Waals surface area contributed by atoms with Crippen LogP contribution in [0.5, 0.6) is 0 Å². The van der Waals surface area contributed by atoms with Crippen molar-refractivity contribution in [3.63, 3.8) is 0 Å². The van der Waals surface area contributed by atoms with Gasteiger partial charge in [0.2, 0.25) is 5.91 Å². The Bertz CT molecular complexity index is 1100. The monoisotopic (exact) mass is 503 g/mol. The number of nitrogens with zero attached hydrogens (tertiary/aromatic N) is 1. The summed E-state index contributed by atoms with van der Waals surface area (Å²) < 4.78 is 0. The normalized spacial score (nSPS) is 23.3. The van der Waals surface area contributed by atoms with E-state index in [0.717, 1.165) is 19.4 Å². The molecule has 4 rings (SSSR count). The molecule has 1 saturated heterocycles. The van der Waals surface area contributed by atoms with E-state index in [1.54, 1.807) is 0 Å². The van der Waals surface area contributed by atoms with Crippen molar-refractivity contribution < 1.29 is 34.8 Å². The van der Waals surface area contributed by atoms with Gasteiger partial charge in [-0.3, -0.25) is 9.69 Å². The number of aliphatic hydroxyl groups is 2. The first-order chi connectivity index (χ1) is 16.7. The summed E-state index contributed by atoms with van der Waals surface area (Å²) in [5.74, 6) is -2.86. The minimum Gasteiger partial charge on any atom is -0.479 e. The Morgan fingerprint density at radius 1 is 1.08 bits per heavy atom. The lowest BCUT2D eigenvalue weighted by Gasteiger charge is -2.48. The molecule has 0 spiro atoms. The molecule has 2 aromatic rings. The van der Waals surface area contributed by atoms with E-state index in [2.05, 4.69) is 74.2 Å². The third-order valence-electron chi connectivity index (χ3n) is 6.85. The van der Waals surface area contributed by atoms with Gasteiger partial charge in [0.1, 0.15) is 0 Å². The molecule has 0 saturated carbocycles. The number of carbonyl (C=O) groups excluding carboxylic acids is 1. The molecule has 6 N–H and O–H groups in total. The molecule has 4 unspecified atom stereocenters. The average molecular weight is 504 g/mol. The Balaban J connectivity index is 0.000000308. The number of carboxylic acids is 2. The number of aromatic nitrogens is 1. The first-order valence-corrected chi connectivity index (χ1v) is 12.2. The number of piperidine rings is 1. The second-order valence-corrected chi connectivity index (χ2v) is 11.0. The first kappa shape index (κ1) is 27.6. The van der Waals surface area contributed by atoms with E-state index in [4.69, 9.17) is 20.4 Å². The van der Waals surface area contributed by atoms with Crippen LogP contribution in [0, 0.1) is 5.92 Å². The van der Waals surface area contributed by atoms with Gasteiger partial charge in [-0.05, 0) is 64.7 Å². The van der Waals surface area contributed by atoms with E-state index in [1.165, 1.54) is 22.0 Å². The van der Waals surface area contributed by atoms with Crippen molar-refractivity contribution >= 4 is 28.7 Å². The fraction of sp³-hybridized carbons (Fsp3) is 0.577. The van der Waals surface area contributed by atoms with E-state index >= 15 is 0 Å². The number of fused-ring (bicyclic) bond motifs is 2. The molecule has 0 radical (unpaired) electrons. The number of hydrogen-bond acceptors (Lipinski definition) is 6. The number of likely N-dealkylation sites (tertiary alicyclic amines) is 1. The second kappa shape index (κ2) is 10.6. The second-order valence-electron chi connectivity index (χ2n) is 11.0. The van der Waals surface area contributed by atoms with Crippen molar-refractivity contribution in [3.05, 3.63) is 35.5 Å². The number of amides is 1. The molecule has 36 heavy (non-hydrogen) atoms. The van der Waals surface area contributed by atoms with E-state index < -0.39 is 24.1 Å². The zero-order chi connectivity index (χ0) is 26.9. The summed E-state index contributed by atoms with van der Waals surface area (Å²) in [6, 6.07) is 7.52. The average Bonchev–Trinajstić information content (AvgIpc) is 3.20. The highest BCUT2D eigenvalue weighted by molar-refractivity contribution is 5.89. The van der Waals surface area contributed by atoms with Gasteiger partial charge in [0.25, 0.3) is 0 Å². The lowest BCUT2D eigenvalue weighted by molar-refractivity contribution is -0.165. The standard InChI is InChI=1S/C22H31N3O.C4H6O6/c1-13(2)25-12-15(21(26)24-22(3,4)5)9-17-16-7-6-8-18-20(16)14(11-23-18)10-19(17)25;5-1(3(7)8)2(6)4(9)10/h6-8,11,13,15,17,19,23H,9-10,12H2,1-5H3,(H,24,26);1-2,5-6H,(H,7,8)(H,9,10)/t15?,17?,19-;/m1./s1. The number of H-pyrrole nitrogens is 1. The number of carboxylic acid groups (broad SMARTS) is 2. The van der Waals surface area contributed by atoms with Crippen LogP contribution in [-0.4, -0.2) is 84.5 Å². The van der Waals surface area contributed by atoms with Crippen LogP contribution in [0.4, 0.5) is 0 Å². The SMILES string of the molecule is CC(C)N1CC(C(=O)NC(C)(C)C)CC2c3cccc4[nH]cc(c34)C[C@H]21.O=C(O)C(O)C(O)C(=O)O. The molecule has 1 aliphatic carbocycles. The molecule has 1 fully saturated rings. The Morgan fingerprint density at radius 3 is 2.22 bits per heavy atom. The van der Waals surface area contributed by atoms with Gasteiger partial charge in [-0.1, -0.05) is 12.1 Å². The number of benzene rings is 1. The molecule has 1 aromatic carbocycles. The van der Waals surface area contributed by atoms with Crippen LogP contribution in [0.25, 0.3) is 10.9 Å².